The van der Waals surface area contributed by atoms with Crippen LogP contribution in [0.2, 0.25) is 5.02 Å². The molecule has 1 fully saturated rings. The number of nitrogens with one attached hydrogen (secondary N) is 1. The lowest BCUT2D eigenvalue weighted by Gasteiger charge is -2.29. The smallest absolute Gasteiger partial charge is 0.292 e. The predicted octanol–water partition coefficient (Wildman–Crippen LogP) is 3.78. The first-order valence-corrected chi connectivity index (χ1v) is 7.84. The van der Waals surface area contributed by atoms with Crippen LogP contribution in [0.25, 0.3) is 0 Å². The Balaban J connectivity index is 1.89. The van der Waals surface area contributed by atoms with E-state index in [4.69, 9.17) is 11.6 Å². The summed E-state index contributed by atoms with van der Waals surface area (Å²) in [5, 5.41) is 14.7. The van der Waals surface area contributed by atoms with E-state index < -0.39 is 0 Å². The van der Waals surface area contributed by atoms with Gasteiger partial charge >= 0.3 is 0 Å². The summed E-state index contributed by atoms with van der Waals surface area (Å²) >= 11 is 5.92. The lowest BCUT2D eigenvalue weighted by Crippen LogP contribution is -2.35. The highest BCUT2D eigenvalue weighted by molar-refractivity contribution is 6.31. The van der Waals surface area contributed by atoms with Crippen molar-refractivity contribution in [3.05, 3.63) is 33.3 Å². The van der Waals surface area contributed by atoms with Gasteiger partial charge in [0.15, 0.2) is 0 Å². The number of benzene rings is 1. The minimum atomic E-state index is -0.381. The van der Waals surface area contributed by atoms with E-state index in [1.54, 1.807) is 12.1 Å². The topological polar surface area (TPSA) is 58.4 Å². The van der Waals surface area contributed by atoms with Crippen LogP contribution in [-0.2, 0) is 0 Å². The molecule has 0 saturated carbocycles. The summed E-state index contributed by atoms with van der Waals surface area (Å²) in [6.45, 7) is 6.24. The zero-order valence-corrected chi connectivity index (χ0v) is 13.1. The van der Waals surface area contributed by atoms with E-state index in [2.05, 4.69) is 17.1 Å². The summed E-state index contributed by atoms with van der Waals surface area (Å²) in [6.07, 6.45) is 3.89. The molecule has 6 heteroatoms. The molecular weight excluding hydrogens is 290 g/mol. The average molecular weight is 312 g/mol. The largest absolute Gasteiger partial charge is 0.379 e. The number of hydrogen-bond donors (Lipinski definition) is 1. The van der Waals surface area contributed by atoms with Crippen LogP contribution in [0.15, 0.2) is 18.2 Å². The zero-order valence-electron chi connectivity index (χ0n) is 12.3. The van der Waals surface area contributed by atoms with Crippen molar-refractivity contribution >= 4 is 23.0 Å². The lowest BCUT2D eigenvalue weighted by molar-refractivity contribution is -0.384. The minimum Gasteiger partial charge on any atom is -0.379 e. The van der Waals surface area contributed by atoms with E-state index in [9.17, 15) is 10.1 Å². The van der Waals surface area contributed by atoms with Crippen molar-refractivity contribution < 1.29 is 4.92 Å². The normalized spacial score (nSPS) is 17.4. The van der Waals surface area contributed by atoms with Crippen molar-refractivity contribution in [2.45, 2.75) is 26.2 Å². The van der Waals surface area contributed by atoms with Gasteiger partial charge in [-0.3, -0.25) is 10.1 Å². The summed E-state index contributed by atoms with van der Waals surface area (Å²) in [6, 6.07) is 4.61. The lowest BCUT2D eigenvalue weighted by atomic mass is 10.1. The Labute approximate surface area is 130 Å². The van der Waals surface area contributed by atoms with Crippen molar-refractivity contribution in [3.8, 4) is 0 Å². The third kappa shape index (κ3) is 4.86. The molecule has 5 nitrogen and oxygen atoms in total. The van der Waals surface area contributed by atoms with Gasteiger partial charge in [0.1, 0.15) is 5.69 Å². The number of nitrogens with zero attached hydrogens (tertiary/aromatic N) is 2. The van der Waals surface area contributed by atoms with Gasteiger partial charge in [0, 0.05) is 24.2 Å². The van der Waals surface area contributed by atoms with Crippen LogP contribution in [0.5, 0.6) is 0 Å². The van der Waals surface area contributed by atoms with Gasteiger partial charge in [-0.15, -0.1) is 0 Å². The summed E-state index contributed by atoms with van der Waals surface area (Å²) in [5.41, 5.74) is 0.572. The van der Waals surface area contributed by atoms with Crippen LogP contribution in [0.4, 0.5) is 11.4 Å². The summed E-state index contributed by atoms with van der Waals surface area (Å²) in [4.78, 5) is 13.1. The zero-order chi connectivity index (χ0) is 15.2. The van der Waals surface area contributed by atoms with Gasteiger partial charge < -0.3 is 10.2 Å². The van der Waals surface area contributed by atoms with Crippen molar-refractivity contribution in [2.75, 3.05) is 31.5 Å². The molecule has 1 aliphatic heterocycles. The van der Waals surface area contributed by atoms with Gasteiger partial charge in [0.05, 0.1) is 4.92 Å². The fourth-order valence-corrected chi connectivity index (χ4v) is 2.91. The van der Waals surface area contributed by atoms with Gasteiger partial charge in [-0.25, -0.2) is 0 Å². The molecule has 0 aliphatic carbocycles. The maximum absolute atomic E-state index is 11.0. The number of rotatable bonds is 6. The second-order valence-corrected chi connectivity index (χ2v) is 6.20. The van der Waals surface area contributed by atoms with Crippen LogP contribution in [0.1, 0.15) is 26.2 Å². The molecule has 0 radical (unpaired) electrons. The fraction of sp³-hybridized carbons (Fsp3) is 0.600. The fourth-order valence-electron chi connectivity index (χ4n) is 2.74. The highest BCUT2D eigenvalue weighted by atomic mass is 35.5. The molecule has 1 N–H and O–H groups in total. The number of nitro groups is 1. The third-order valence-electron chi connectivity index (χ3n) is 3.81. The average Bonchev–Trinajstić information content (AvgIpc) is 2.46. The van der Waals surface area contributed by atoms with Gasteiger partial charge in [0.2, 0.25) is 0 Å². The van der Waals surface area contributed by atoms with E-state index in [1.165, 1.54) is 38.4 Å². The summed E-state index contributed by atoms with van der Waals surface area (Å²) in [7, 11) is 0. The maximum atomic E-state index is 11.0. The Morgan fingerprint density at radius 2 is 2.10 bits per heavy atom. The molecular formula is C15H22ClN3O2. The van der Waals surface area contributed by atoms with Crippen molar-refractivity contribution in [1.29, 1.82) is 0 Å². The molecule has 1 atom stereocenters. The van der Waals surface area contributed by atoms with E-state index in [0.29, 0.717) is 23.2 Å². The Morgan fingerprint density at radius 3 is 2.76 bits per heavy atom. The molecule has 1 saturated heterocycles. The molecule has 1 aromatic carbocycles. The highest BCUT2D eigenvalue weighted by Gasteiger charge is 2.16. The molecule has 0 aromatic heterocycles. The van der Waals surface area contributed by atoms with Crippen LogP contribution >= 0.6 is 11.6 Å². The molecule has 2 rings (SSSR count). The summed E-state index contributed by atoms with van der Waals surface area (Å²) < 4.78 is 0. The van der Waals surface area contributed by atoms with Crippen LogP contribution in [0.3, 0.4) is 0 Å². The Hall–Kier alpha value is -1.33. The number of nitro benzene ring substituents is 1. The second-order valence-electron chi connectivity index (χ2n) is 5.77. The van der Waals surface area contributed by atoms with Gasteiger partial charge in [-0.2, -0.15) is 0 Å². The maximum Gasteiger partial charge on any atom is 0.292 e. The SMILES string of the molecule is CC(CNc1cc(Cl)ccc1[N+](=O)[O-])CN1CCCCC1. The van der Waals surface area contributed by atoms with Crippen LogP contribution in [-0.4, -0.2) is 36.0 Å². The Bertz CT molecular complexity index is 490. The van der Waals surface area contributed by atoms with Gasteiger partial charge in [-0.1, -0.05) is 24.9 Å². The predicted molar refractivity (Wildman–Crippen MR) is 86.1 cm³/mol. The number of piperidine rings is 1. The Morgan fingerprint density at radius 1 is 1.38 bits per heavy atom. The first kappa shape index (κ1) is 16.0. The van der Waals surface area contributed by atoms with Crippen LogP contribution < -0.4 is 5.32 Å². The quantitative estimate of drug-likeness (QED) is 0.641. The number of anilines is 1. The molecule has 1 aliphatic rings. The van der Waals surface area contributed by atoms with E-state index >= 15 is 0 Å². The van der Waals surface area contributed by atoms with E-state index in [-0.39, 0.29) is 10.6 Å². The van der Waals surface area contributed by atoms with E-state index in [1.807, 2.05) is 0 Å². The number of hydrogen-bond acceptors (Lipinski definition) is 4. The van der Waals surface area contributed by atoms with Crippen molar-refractivity contribution in [1.82, 2.24) is 4.90 Å². The first-order valence-electron chi connectivity index (χ1n) is 7.46. The van der Waals surface area contributed by atoms with Gasteiger partial charge in [0.25, 0.3) is 5.69 Å². The number of likely N-dealkylation sites (tertiary alicyclic amines) is 1. The molecule has 0 spiro atoms. The third-order valence-corrected chi connectivity index (χ3v) is 4.05. The monoisotopic (exact) mass is 311 g/mol. The highest BCUT2D eigenvalue weighted by Crippen LogP contribution is 2.27. The Kier molecular flexibility index (Phi) is 5.82. The van der Waals surface area contributed by atoms with Crippen molar-refractivity contribution in [3.63, 3.8) is 0 Å². The minimum absolute atomic E-state index is 0.0737. The second kappa shape index (κ2) is 7.61. The van der Waals surface area contributed by atoms with Crippen LogP contribution in [0, 0.1) is 16.0 Å². The molecule has 1 heterocycles. The van der Waals surface area contributed by atoms with Crippen molar-refractivity contribution in [2.24, 2.45) is 5.92 Å². The standard InChI is InChI=1S/C15H22ClN3O2/c1-12(11-18-7-3-2-4-8-18)10-17-14-9-13(16)5-6-15(14)19(20)21/h5-6,9,12,17H,2-4,7-8,10-11H2,1H3. The van der Waals surface area contributed by atoms with Gasteiger partial charge in [-0.05, 0) is 44.0 Å². The molecule has 1 aromatic rings. The summed E-state index contributed by atoms with van der Waals surface area (Å²) in [5.74, 6) is 0.432. The van der Waals surface area contributed by atoms with E-state index in [0.717, 1.165) is 6.54 Å². The molecule has 1 unspecified atom stereocenters. The molecule has 0 bridgehead atoms. The molecule has 0 amide bonds. The molecule has 21 heavy (non-hydrogen) atoms. The number of halogens is 1. The molecule has 116 valence electrons. The first-order chi connectivity index (χ1) is 10.1.